The molecular weight excluding hydrogens is 935 g/mol. The number of aromatic hydroxyl groups is 3. The van der Waals surface area contributed by atoms with Crippen LogP contribution in [0.15, 0.2) is 47.6 Å². The zero-order valence-corrected chi connectivity index (χ0v) is 39.3. The molecular formula is C48H55N5O18. The van der Waals surface area contributed by atoms with Crippen molar-refractivity contribution in [2.24, 2.45) is 5.16 Å². The lowest BCUT2D eigenvalue weighted by Crippen LogP contribution is -2.55. The Balaban J connectivity index is 1.05. The molecule has 8 atom stereocenters. The number of phenols is 3. The zero-order chi connectivity index (χ0) is 52.1. The largest absolute Gasteiger partial charge is 0.508 e. The van der Waals surface area contributed by atoms with Crippen LogP contribution in [0.4, 0.5) is 0 Å². The highest BCUT2D eigenvalue weighted by Gasteiger charge is 2.50. The number of amides is 4. The summed E-state index contributed by atoms with van der Waals surface area (Å²) in [6, 6.07) is 6.68. The van der Waals surface area contributed by atoms with Crippen LogP contribution in [-0.2, 0) is 55.9 Å². The first-order chi connectivity index (χ1) is 33.5. The number of carbonyl (C=O) groups excluding carboxylic acids is 7. The van der Waals surface area contributed by atoms with Crippen LogP contribution in [0, 0.1) is 0 Å². The number of Topliss-reactive ketones (excluding diaryl/α,β-unsaturated/α-hetero) is 1. The summed E-state index contributed by atoms with van der Waals surface area (Å²) < 4.78 is 17.5. The number of hydrogen-bond acceptors (Lipinski definition) is 18. The Kier molecular flexibility index (Phi) is 16.5. The highest BCUT2D eigenvalue weighted by Crippen LogP contribution is 2.52. The second-order valence-electron chi connectivity index (χ2n) is 17.6. The van der Waals surface area contributed by atoms with Crippen molar-refractivity contribution in [3.05, 3.63) is 81.4 Å². The van der Waals surface area contributed by atoms with E-state index in [2.05, 4.69) is 26.4 Å². The van der Waals surface area contributed by atoms with E-state index >= 15 is 0 Å². The third kappa shape index (κ3) is 11.9. The first-order valence-corrected chi connectivity index (χ1v) is 22.4. The van der Waals surface area contributed by atoms with Crippen molar-refractivity contribution in [1.82, 2.24) is 21.3 Å². The van der Waals surface area contributed by atoms with E-state index in [1.165, 1.54) is 70.3 Å². The molecule has 0 bridgehead atoms. The van der Waals surface area contributed by atoms with Gasteiger partial charge in [-0.2, -0.15) is 0 Å². The molecule has 1 aliphatic heterocycles. The van der Waals surface area contributed by atoms with Crippen LogP contribution in [0.1, 0.15) is 108 Å². The molecule has 4 amide bonds. The number of aliphatic hydroxyl groups excluding tert-OH is 1. The third-order valence-electron chi connectivity index (χ3n) is 12.4. The Bertz CT molecular complexity index is 2650. The van der Waals surface area contributed by atoms with E-state index in [-0.39, 0.29) is 65.1 Å². The van der Waals surface area contributed by atoms with E-state index in [4.69, 9.17) is 24.2 Å². The number of carbonyl (C=O) groups is 8. The van der Waals surface area contributed by atoms with Crippen molar-refractivity contribution in [2.75, 3.05) is 20.3 Å². The summed E-state index contributed by atoms with van der Waals surface area (Å²) in [7, 11) is 1.30. The molecule has 3 aliphatic rings. The maximum Gasteiger partial charge on any atom is 0.322 e. The zero-order valence-electron chi connectivity index (χ0n) is 39.3. The number of carboxylic acids is 1. The second kappa shape index (κ2) is 22.1. The fourth-order valence-corrected chi connectivity index (χ4v) is 8.60. The molecule has 0 unspecified atom stereocenters. The number of hydrogen-bond donors (Lipinski definition) is 10. The number of fused-ring (bicyclic) bond motifs is 3. The van der Waals surface area contributed by atoms with Crippen LogP contribution < -0.4 is 26.0 Å². The molecule has 0 saturated carbocycles. The lowest BCUT2D eigenvalue weighted by molar-refractivity contribution is -0.249. The average Bonchev–Trinajstić information content (AvgIpc) is 3.31. The number of oxime groups is 1. The normalized spacial score (nSPS) is 22.4. The quantitative estimate of drug-likeness (QED) is 0.0347. The Morgan fingerprint density at radius 1 is 0.901 bits per heavy atom. The van der Waals surface area contributed by atoms with Gasteiger partial charge < -0.3 is 71.0 Å². The summed E-state index contributed by atoms with van der Waals surface area (Å²) >= 11 is 0. The monoisotopic (exact) mass is 989 g/mol. The molecule has 0 aromatic heterocycles. The Labute approximate surface area is 405 Å². The van der Waals surface area contributed by atoms with Crippen molar-refractivity contribution in [2.45, 2.75) is 115 Å². The molecule has 3 aromatic rings. The van der Waals surface area contributed by atoms with E-state index in [1.807, 2.05) is 0 Å². The summed E-state index contributed by atoms with van der Waals surface area (Å²) in [5.74, 6) is -7.96. The number of benzene rings is 3. The summed E-state index contributed by atoms with van der Waals surface area (Å²) in [4.78, 5) is 108. The van der Waals surface area contributed by atoms with Crippen LogP contribution >= 0.6 is 0 Å². The van der Waals surface area contributed by atoms with E-state index in [0.717, 1.165) is 6.92 Å². The minimum absolute atomic E-state index is 0.0283. The van der Waals surface area contributed by atoms with Crippen LogP contribution in [0.3, 0.4) is 0 Å². The maximum absolute atomic E-state index is 14.0. The highest BCUT2D eigenvalue weighted by atomic mass is 16.7. The SMILES string of the molecule is COc1cccc2c1C(=O)c1c(O)c3c(c(O)c1C2=O)C[C@@](O)(C(C)=O)C[C@@H]3O[C@H]1C[C@H](NC(=O)CC/C(C)=N/OCC(=O)N[C@@H](C)C(=O)N[C@@H](Cc2ccc(O)cc2)C(=O)NCC(=O)O)[C@H](O)[C@H](C)O1. The molecule has 0 radical (unpaired) electrons. The van der Waals surface area contributed by atoms with E-state index in [1.54, 1.807) is 0 Å². The topological polar surface area (TPSA) is 355 Å². The number of aliphatic carboxylic acids is 1. The number of methoxy groups -OCH3 is 1. The molecule has 3 aromatic carbocycles. The number of nitrogens with one attached hydrogen (secondary N) is 4. The minimum Gasteiger partial charge on any atom is -0.508 e. The first-order valence-electron chi connectivity index (χ1n) is 22.4. The van der Waals surface area contributed by atoms with Crippen LogP contribution in [0.5, 0.6) is 23.0 Å². The Hall–Kier alpha value is -7.47. The third-order valence-corrected chi connectivity index (χ3v) is 12.4. The number of aliphatic hydroxyl groups is 2. The second-order valence-corrected chi connectivity index (χ2v) is 17.6. The van der Waals surface area contributed by atoms with Crippen molar-refractivity contribution < 1.29 is 88.0 Å². The predicted octanol–water partition coefficient (Wildman–Crippen LogP) is 0.498. The van der Waals surface area contributed by atoms with E-state index < -0.39 is 144 Å². The smallest absolute Gasteiger partial charge is 0.322 e. The summed E-state index contributed by atoms with van der Waals surface area (Å²) in [6.45, 7) is 4.15. The summed E-state index contributed by atoms with van der Waals surface area (Å²) in [6.07, 6.45) is -6.34. The molecule has 23 nitrogen and oxygen atoms in total. The fourth-order valence-electron chi connectivity index (χ4n) is 8.60. The van der Waals surface area contributed by atoms with Gasteiger partial charge in [0.25, 0.3) is 5.91 Å². The fraction of sp³-hybridized carbons (Fsp3) is 0.438. The lowest BCUT2D eigenvalue weighted by Gasteiger charge is -2.42. The molecule has 2 aliphatic carbocycles. The van der Waals surface area contributed by atoms with Crippen LogP contribution in [0.25, 0.3) is 0 Å². The molecule has 1 fully saturated rings. The molecule has 71 heavy (non-hydrogen) atoms. The summed E-state index contributed by atoms with van der Waals surface area (Å²) in [5.41, 5.74) is -2.98. The number of ketones is 3. The van der Waals surface area contributed by atoms with Crippen molar-refractivity contribution in [3.63, 3.8) is 0 Å². The molecule has 380 valence electrons. The van der Waals surface area contributed by atoms with Gasteiger partial charge in [-0.3, -0.25) is 38.4 Å². The van der Waals surface area contributed by atoms with Crippen molar-refractivity contribution in [1.29, 1.82) is 0 Å². The van der Waals surface area contributed by atoms with Crippen molar-refractivity contribution >= 4 is 52.7 Å². The lowest BCUT2D eigenvalue weighted by atomic mass is 9.72. The number of ether oxygens (including phenoxy) is 3. The van der Waals surface area contributed by atoms with Gasteiger partial charge in [0.15, 0.2) is 24.5 Å². The van der Waals surface area contributed by atoms with Gasteiger partial charge in [-0.1, -0.05) is 29.4 Å². The highest BCUT2D eigenvalue weighted by molar-refractivity contribution is 6.31. The minimum atomic E-state index is -2.16. The molecule has 0 spiro atoms. The van der Waals surface area contributed by atoms with E-state index in [0.29, 0.717) is 5.56 Å². The molecule has 1 saturated heterocycles. The molecule has 6 rings (SSSR count). The predicted molar refractivity (Wildman–Crippen MR) is 245 cm³/mol. The average molecular weight is 990 g/mol. The number of carboxylic acid groups (broad SMARTS) is 1. The van der Waals surface area contributed by atoms with Crippen molar-refractivity contribution in [3.8, 4) is 23.0 Å². The van der Waals surface area contributed by atoms with E-state index in [9.17, 15) is 63.9 Å². The standard InChI is InChI=1S/C48H55N5O18/c1-21(53-69-20-34(57)50-22(2)46(65)52-30(47(66)49-19-35(58)59)15-25-10-12-26(55)13-11-25)9-14-33(56)51-29-16-36(70-23(3)41(29)60)71-32-18-48(67,24(4)54)17-28-38(32)45(64)40-39(43(28)62)42(61)27-7-6-8-31(68-5)37(27)44(40)63/h6-8,10-13,22-23,29-30,32,36,41,55,60,62,64,67H,9,14-20H2,1-5H3,(H,49,66)(H,50,57)(H,51,56)(H,52,65)(H,58,59)/b53-21+/t22-,23-,29-,30-,32-,36-,41+,48-/m0/s1. The van der Waals surface area contributed by atoms with Crippen LogP contribution in [0.2, 0.25) is 0 Å². The van der Waals surface area contributed by atoms with Gasteiger partial charge in [-0.25, -0.2) is 0 Å². The number of rotatable bonds is 19. The van der Waals surface area contributed by atoms with Gasteiger partial charge >= 0.3 is 5.97 Å². The molecule has 10 N–H and O–H groups in total. The molecule has 23 heteroatoms. The first kappa shape index (κ1) is 52.9. The Morgan fingerprint density at radius 2 is 1.59 bits per heavy atom. The summed E-state index contributed by atoms with van der Waals surface area (Å²) in [5, 5.41) is 78.3. The molecule has 1 heterocycles. The number of phenolic OH excluding ortho intramolecular Hbond substituents is 3. The van der Waals surface area contributed by atoms with Gasteiger partial charge in [0.05, 0.1) is 47.8 Å². The Morgan fingerprint density at radius 3 is 2.25 bits per heavy atom. The van der Waals surface area contributed by atoms with Gasteiger partial charge in [-0.15, -0.1) is 0 Å². The van der Waals surface area contributed by atoms with Gasteiger partial charge in [0, 0.05) is 48.8 Å². The van der Waals surface area contributed by atoms with Crippen LogP contribution in [-0.4, -0.2) is 146 Å². The van der Waals surface area contributed by atoms with Gasteiger partial charge in [0.1, 0.15) is 53.3 Å². The number of nitrogens with zero attached hydrogens (tertiary/aromatic N) is 1. The van der Waals surface area contributed by atoms with Gasteiger partial charge in [0.2, 0.25) is 23.5 Å². The van der Waals surface area contributed by atoms with Gasteiger partial charge in [-0.05, 0) is 57.9 Å². The maximum atomic E-state index is 14.0.